The molecule has 0 aromatic carbocycles. The van der Waals surface area contributed by atoms with Gasteiger partial charge in [-0.3, -0.25) is 14.4 Å². The zero-order valence-corrected chi connectivity index (χ0v) is 11.5. The standard InChI is InChI=1S/C10H15NO7S/c1-5(9(15)11-4-8(13)14)19-10(16)18-7(3)17-6(2)12/h5,7H,4H2,1-3H3,(H,11,15)(H,13,14)/t5?,7-/m0/s1. The van der Waals surface area contributed by atoms with Crippen LogP contribution in [0.4, 0.5) is 4.79 Å². The largest absolute Gasteiger partial charge is 0.480 e. The first-order valence-corrected chi connectivity index (χ1v) is 6.14. The smallest absolute Gasteiger partial charge is 0.371 e. The lowest BCUT2D eigenvalue weighted by Gasteiger charge is -2.14. The van der Waals surface area contributed by atoms with E-state index in [2.05, 4.69) is 10.1 Å². The fraction of sp³-hybridized carbons (Fsp3) is 0.600. The van der Waals surface area contributed by atoms with Crippen molar-refractivity contribution in [3.05, 3.63) is 0 Å². The van der Waals surface area contributed by atoms with Crippen molar-refractivity contribution in [1.29, 1.82) is 0 Å². The average Bonchev–Trinajstić information content (AvgIpc) is 2.23. The van der Waals surface area contributed by atoms with E-state index in [4.69, 9.17) is 9.84 Å². The van der Waals surface area contributed by atoms with Crippen molar-refractivity contribution in [2.24, 2.45) is 0 Å². The molecule has 0 saturated carbocycles. The Balaban J connectivity index is 4.07. The number of ether oxygens (including phenoxy) is 2. The van der Waals surface area contributed by atoms with E-state index in [0.717, 1.165) is 0 Å². The van der Waals surface area contributed by atoms with Crippen molar-refractivity contribution in [3.8, 4) is 0 Å². The monoisotopic (exact) mass is 293 g/mol. The van der Waals surface area contributed by atoms with Crippen molar-refractivity contribution in [2.45, 2.75) is 32.3 Å². The van der Waals surface area contributed by atoms with Crippen LogP contribution < -0.4 is 5.32 Å². The van der Waals surface area contributed by atoms with Gasteiger partial charge >= 0.3 is 17.2 Å². The van der Waals surface area contributed by atoms with Gasteiger partial charge in [-0.15, -0.1) is 0 Å². The Hall–Kier alpha value is -1.77. The second kappa shape index (κ2) is 8.35. The summed E-state index contributed by atoms with van der Waals surface area (Å²) in [6.07, 6.45) is -1.05. The fourth-order valence-electron chi connectivity index (χ4n) is 0.925. The van der Waals surface area contributed by atoms with Gasteiger partial charge in [-0.05, 0) is 18.7 Å². The number of thioether (sulfide) groups is 1. The molecular formula is C10H15NO7S. The lowest BCUT2D eigenvalue weighted by Crippen LogP contribution is -2.35. The molecule has 1 amide bonds. The summed E-state index contributed by atoms with van der Waals surface area (Å²) >= 11 is 0.557. The molecule has 0 spiro atoms. The molecule has 9 heteroatoms. The number of rotatable bonds is 6. The van der Waals surface area contributed by atoms with Gasteiger partial charge in [0.2, 0.25) is 12.2 Å². The number of hydrogen-bond acceptors (Lipinski definition) is 7. The Bertz CT molecular complexity index is 371. The minimum absolute atomic E-state index is 0.525. The molecule has 8 nitrogen and oxygen atoms in total. The van der Waals surface area contributed by atoms with Crippen LogP contribution in [-0.4, -0.2) is 46.3 Å². The molecule has 0 saturated heterocycles. The number of carbonyl (C=O) groups is 4. The van der Waals surface area contributed by atoms with Gasteiger partial charge in [0, 0.05) is 13.8 Å². The Kier molecular flexibility index (Phi) is 7.57. The van der Waals surface area contributed by atoms with E-state index >= 15 is 0 Å². The highest BCUT2D eigenvalue weighted by Crippen LogP contribution is 2.15. The zero-order valence-electron chi connectivity index (χ0n) is 10.7. The molecule has 1 unspecified atom stereocenters. The van der Waals surface area contributed by atoms with E-state index in [0.29, 0.717) is 11.8 Å². The molecule has 0 fully saturated rings. The maximum Gasteiger partial charge on any atom is 0.371 e. The number of aliphatic carboxylic acids is 1. The first-order chi connectivity index (χ1) is 8.72. The van der Waals surface area contributed by atoms with Gasteiger partial charge in [0.1, 0.15) is 6.54 Å². The van der Waals surface area contributed by atoms with Crippen LogP contribution in [0.2, 0.25) is 0 Å². The molecule has 2 N–H and O–H groups in total. The van der Waals surface area contributed by atoms with Crippen molar-refractivity contribution in [1.82, 2.24) is 5.32 Å². The first-order valence-electron chi connectivity index (χ1n) is 5.26. The molecule has 0 aromatic rings. The molecule has 0 aromatic heterocycles. The lowest BCUT2D eigenvalue weighted by molar-refractivity contribution is -0.160. The molecule has 0 aliphatic heterocycles. The normalized spacial score (nSPS) is 13.0. The number of esters is 1. The van der Waals surface area contributed by atoms with Crippen molar-refractivity contribution >= 4 is 34.9 Å². The number of hydrogen-bond donors (Lipinski definition) is 2. The predicted octanol–water partition coefficient (Wildman–Crippen LogP) is 0.355. The SMILES string of the molecule is CC(=O)O[C@H](C)OC(=O)SC(C)C(=O)NCC(=O)O. The van der Waals surface area contributed by atoms with Crippen LogP contribution in [0.25, 0.3) is 0 Å². The first kappa shape index (κ1) is 17.2. The summed E-state index contributed by atoms with van der Waals surface area (Å²) in [6.45, 7) is 3.41. The van der Waals surface area contributed by atoms with Crippen molar-refractivity contribution in [3.63, 3.8) is 0 Å². The van der Waals surface area contributed by atoms with Crippen molar-refractivity contribution in [2.75, 3.05) is 6.54 Å². The Morgan fingerprint density at radius 3 is 2.26 bits per heavy atom. The summed E-state index contributed by atoms with van der Waals surface area (Å²) in [5, 5.41) is 8.87. The summed E-state index contributed by atoms with van der Waals surface area (Å²) in [7, 11) is 0. The Morgan fingerprint density at radius 2 is 1.79 bits per heavy atom. The molecule has 0 aliphatic rings. The topological polar surface area (TPSA) is 119 Å². The number of carbonyl (C=O) groups excluding carboxylic acids is 3. The molecule has 19 heavy (non-hydrogen) atoms. The van der Waals surface area contributed by atoms with E-state index in [9.17, 15) is 19.2 Å². The van der Waals surface area contributed by atoms with Gasteiger partial charge in [0.15, 0.2) is 0 Å². The average molecular weight is 293 g/mol. The highest BCUT2D eigenvalue weighted by atomic mass is 32.2. The molecule has 0 bridgehead atoms. The minimum atomic E-state index is -1.18. The van der Waals surface area contributed by atoms with Crippen LogP contribution >= 0.6 is 11.8 Å². The maximum atomic E-state index is 11.4. The van der Waals surface area contributed by atoms with Gasteiger partial charge in [0.05, 0.1) is 5.25 Å². The van der Waals surface area contributed by atoms with E-state index in [1.54, 1.807) is 0 Å². The van der Waals surface area contributed by atoms with Crippen LogP contribution in [0, 0.1) is 0 Å². The van der Waals surface area contributed by atoms with Crippen LogP contribution in [0.5, 0.6) is 0 Å². The quantitative estimate of drug-likeness (QED) is 0.532. The fourth-order valence-corrected chi connectivity index (χ4v) is 1.60. The zero-order chi connectivity index (χ0) is 15.0. The summed E-state index contributed by atoms with van der Waals surface area (Å²) in [5.74, 6) is -2.39. The van der Waals surface area contributed by atoms with Gasteiger partial charge in [-0.1, -0.05) is 0 Å². The third kappa shape index (κ3) is 8.89. The summed E-state index contributed by atoms with van der Waals surface area (Å²) in [5.41, 5.74) is 0. The summed E-state index contributed by atoms with van der Waals surface area (Å²) in [4.78, 5) is 43.5. The third-order valence-corrected chi connectivity index (χ3v) is 2.51. The summed E-state index contributed by atoms with van der Waals surface area (Å²) in [6, 6.07) is 0. The predicted molar refractivity (Wildman–Crippen MR) is 65.4 cm³/mol. The van der Waals surface area contributed by atoms with E-state index in [1.165, 1.54) is 20.8 Å². The molecular weight excluding hydrogens is 278 g/mol. The van der Waals surface area contributed by atoms with E-state index < -0.39 is 41.2 Å². The van der Waals surface area contributed by atoms with Gasteiger partial charge < -0.3 is 19.9 Å². The molecule has 0 heterocycles. The minimum Gasteiger partial charge on any atom is -0.480 e. The molecule has 0 aliphatic carbocycles. The molecule has 108 valence electrons. The van der Waals surface area contributed by atoms with Crippen LogP contribution in [0.3, 0.4) is 0 Å². The highest BCUT2D eigenvalue weighted by molar-refractivity contribution is 8.14. The van der Waals surface area contributed by atoms with Crippen molar-refractivity contribution < 1.29 is 33.8 Å². The number of carboxylic acids is 1. The van der Waals surface area contributed by atoms with Gasteiger partial charge in [0.25, 0.3) is 0 Å². The molecule has 0 radical (unpaired) electrons. The maximum absolute atomic E-state index is 11.4. The van der Waals surface area contributed by atoms with E-state index in [1.807, 2.05) is 0 Å². The second-order valence-corrected chi connectivity index (χ2v) is 4.69. The van der Waals surface area contributed by atoms with Gasteiger partial charge in [-0.25, -0.2) is 4.79 Å². The van der Waals surface area contributed by atoms with Crippen LogP contribution in [0.15, 0.2) is 0 Å². The van der Waals surface area contributed by atoms with Crippen LogP contribution in [0.1, 0.15) is 20.8 Å². The lowest BCUT2D eigenvalue weighted by atomic mass is 10.4. The Labute approximate surface area is 113 Å². The second-order valence-electron chi connectivity index (χ2n) is 3.42. The van der Waals surface area contributed by atoms with Gasteiger partial charge in [-0.2, -0.15) is 0 Å². The number of amides is 1. The summed E-state index contributed by atoms with van der Waals surface area (Å²) < 4.78 is 9.26. The van der Waals surface area contributed by atoms with Crippen LogP contribution in [-0.2, 0) is 23.9 Å². The molecule has 2 atom stereocenters. The van der Waals surface area contributed by atoms with E-state index in [-0.39, 0.29) is 0 Å². The number of carboxylic acid groups (broad SMARTS) is 1. The highest BCUT2D eigenvalue weighted by Gasteiger charge is 2.21. The Morgan fingerprint density at radius 1 is 1.21 bits per heavy atom. The number of nitrogens with one attached hydrogen (secondary N) is 1. The molecule has 0 rings (SSSR count). The third-order valence-electron chi connectivity index (χ3n) is 1.65.